The van der Waals surface area contributed by atoms with E-state index in [9.17, 15) is 8.42 Å². The van der Waals surface area contributed by atoms with Crippen LogP contribution in [0.5, 0.6) is 0 Å². The Labute approximate surface area is 125 Å². The van der Waals surface area contributed by atoms with E-state index in [0.717, 1.165) is 32.7 Å². The first-order chi connectivity index (χ1) is 9.57. The Kier molecular flexibility index (Phi) is 5.80. The molecule has 1 aromatic carbocycles. The SMILES string of the molecule is O=S(=O)(Cc1ccccc1Cl)NCCN1CCNCC1. The second-order valence-electron chi connectivity index (χ2n) is 4.84. The van der Waals surface area contributed by atoms with Crippen LogP contribution in [-0.2, 0) is 15.8 Å². The van der Waals surface area contributed by atoms with Gasteiger partial charge in [0.05, 0.1) is 5.75 Å². The molecule has 2 rings (SSSR count). The highest BCUT2D eigenvalue weighted by molar-refractivity contribution is 7.88. The summed E-state index contributed by atoms with van der Waals surface area (Å²) in [6, 6.07) is 7.01. The fourth-order valence-electron chi connectivity index (χ4n) is 2.17. The lowest BCUT2D eigenvalue weighted by molar-refractivity contribution is 0.245. The Morgan fingerprint density at radius 2 is 1.95 bits per heavy atom. The van der Waals surface area contributed by atoms with Crippen molar-refractivity contribution in [3.05, 3.63) is 34.9 Å². The van der Waals surface area contributed by atoms with Gasteiger partial charge in [0.2, 0.25) is 10.0 Å². The summed E-state index contributed by atoms with van der Waals surface area (Å²) < 4.78 is 26.6. The number of hydrogen-bond donors (Lipinski definition) is 2. The van der Waals surface area contributed by atoms with Crippen LogP contribution in [-0.4, -0.2) is 52.6 Å². The molecule has 0 radical (unpaired) electrons. The molecule has 1 aliphatic rings. The molecule has 1 heterocycles. The van der Waals surface area contributed by atoms with E-state index in [1.807, 2.05) is 0 Å². The van der Waals surface area contributed by atoms with Crippen molar-refractivity contribution in [1.82, 2.24) is 14.9 Å². The number of halogens is 1. The van der Waals surface area contributed by atoms with Crippen molar-refractivity contribution < 1.29 is 8.42 Å². The number of nitrogens with zero attached hydrogens (tertiary/aromatic N) is 1. The van der Waals surface area contributed by atoms with Gasteiger partial charge in [0.1, 0.15) is 0 Å². The third-order valence-electron chi connectivity index (χ3n) is 3.26. The minimum absolute atomic E-state index is 0.0752. The van der Waals surface area contributed by atoms with Gasteiger partial charge in [0.15, 0.2) is 0 Å². The summed E-state index contributed by atoms with van der Waals surface area (Å²) in [5.74, 6) is -0.0752. The van der Waals surface area contributed by atoms with Gasteiger partial charge >= 0.3 is 0 Å². The van der Waals surface area contributed by atoms with Crippen molar-refractivity contribution in [3.8, 4) is 0 Å². The molecule has 0 aromatic heterocycles. The van der Waals surface area contributed by atoms with Crippen LogP contribution >= 0.6 is 11.6 Å². The van der Waals surface area contributed by atoms with Gasteiger partial charge in [0, 0.05) is 44.3 Å². The summed E-state index contributed by atoms with van der Waals surface area (Å²) >= 11 is 5.98. The molecule has 0 saturated carbocycles. The minimum atomic E-state index is -3.33. The van der Waals surface area contributed by atoms with Crippen molar-refractivity contribution in [3.63, 3.8) is 0 Å². The van der Waals surface area contributed by atoms with Gasteiger partial charge < -0.3 is 5.32 Å². The molecule has 0 amide bonds. The van der Waals surface area contributed by atoms with E-state index in [4.69, 9.17) is 11.6 Å². The average Bonchev–Trinajstić information content (AvgIpc) is 2.42. The Morgan fingerprint density at radius 3 is 2.65 bits per heavy atom. The van der Waals surface area contributed by atoms with Crippen LogP contribution in [0.15, 0.2) is 24.3 Å². The van der Waals surface area contributed by atoms with Crippen LogP contribution in [0.25, 0.3) is 0 Å². The lowest BCUT2D eigenvalue weighted by atomic mass is 10.2. The number of benzene rings is 1. The number of nitrogens with one attached hydrogen (secondary N) is 2. The Bertz CT molecular complexity index is 530. The second-order valence-corrected chi connectivity index (χ2v) is 7.05. The Hall–Kier alpha value is -0.660. The zero-order valence-corrected chi connectivity index (χ0v) is 12.9. The Morgan fingerprint density at radius 1 is 1.25 bits per heavy atom. The largest absolute Gasteiger partial charge is 0.314 e. The number of hydrogen-bond acceptors (Lipinski definition) is 4. The third-order valence-corrected chi connectivity index (χ3v) is 4.97. The molecule has 5 nitrogen and oxygen atoms in total. The van der Waals surface area contributed by atoms with Crippen molar-refractivity contribution in [1.29, 1.82) is 0 Å². The van der Waals surface area contributed by atoms with E-state index in [1.165, 1.54) is 0 Å². The zero-order chi connectivity index (χ0) is 14.4. The van der Waals surface area contributed by atoms with Crippen LogP contribution in [0.4, 0.5) is 0 Å². The standard InChI is InChI=1S/C13H20ClN3O2S/c14-13-4-2-1-3-12(13)11-20(18,19)16-7-10-17-8-5-15-6-9-17/h1-4,15-16H,5-11H2. The van der Waals surface area contributed by atoms with Gasteiger partial charge in [-0.05, 0) is 11.6 Å². The van der Waals surface area contributed by atoms with Crippen molar-refractivity contribution in [2.75, 3.05) is 39.3 Å². The summed E-state index contributed by atoms with van der Waals surface area (Å²) in [6.45, 7) is 5.04. The second kappa shape index (κ2) is 7.38. The zero-order valence-electron chi connectivity index (χ0n) is 11.3. The highest BCUT2D eigenvalue weighted by atomic mass is 35.5. The molecule has 1 aromatic rings. The predicted octanol–water partition coefficient (Wildman–Crippen LogP) is 0.665. The molecule has 7 heteroatoms. The topological polar surface area (TPSA) is 61.4 Å². The molecule has 112 valence electrons. The smallest absolute Gasteiger partial charge is 0.215 e. The average molecular weight is 318 g/mol. The van der Waals surface area contributed by atoms with Crippen molar-refractivity contribution >= 4 is 21.6 Å². The fraction of sp³-hybridized carbons (Fsp3) is 0.538. The summed E-state index contributed by atoms with van der Waals surface area (Å²) in [6.07, 6.45) is 0. The molecule has 0 atom stereocenters. The van der Waals surface area contributed by atoms with E-state index in [2.05, 4.69) is 14.9 Å². The lowest BCUT2D eigenvalue weighted by Crippen LogP contribution is -2.46. The summed E-state index contributed by atoms with van der Waals surface area (Å²) in [4.78, 5) is 2.24. The number of piperazine rings is 1. The van der Waals surface area contributed by atoms with Gasteiger partial charge in [-0.3, -0.25) is 4.90 Å². The lowest BCUT2D eigenvalue weighted by Gasteiger charge is -2.27. The molecule has 0 unspecified atom stereocenters. The molecule has 1 fully saturated rings. The molecular weight excluding hydrogens is 298 g/mol. The maximum atomic E-state index is 12.0. The molecule has 20 heavy (non-hydrogen) atoms. The van der Waals surface area contributed by atoms with Crippen molar-refractivity contribution in [2.45, 2.75) is 5.75 Å². The minimum Gasteiger partial charge on any atom is -0.314 e. The molecule has 1 aliphatic heterocycles. The molecule has 0 aliphatic carbocycles. The van der Waals surface area contributed by atoms with E-state index in [1.54, 1.807) is 24.3 Å². The first kappa shape index (κ1) is 15.7. The molecule has 2 N–H and O–H groups in total. The number of rotatable bonds is 6. The first-order valence-corrected chi connectivity index (χ1v) is 8.74. The first-order valence-electron chi connectivity index (χ1n) is 6.71. The monoisotopic (exact) mass is 317 g/mol. The highest BCUT2D eigenvalue weighted by Gasteiger charge is 2.14. The Balaban J connectivity index is 1.80. The third kappa shape index (κ3) is 5.03. The summed E-state index contributed by atoms with van der Waals surface area (Å²) in [5.41, 5.74) is 0.629. The quantitative estimate of drug-likeness (QED) is 0.809. The fourth-order valence-corrected chi connectivity index (χ4v) is 3.61. The summed E-state index contributed by atoms with van der Waals surface area (Å²) in [5, 5.41) is 3.75. The van der Waals surface area contributed by atoms with Gasteiger partial charge in [-0.25, -0.2) is 13.1 Å². The maximum absolute atomic E-state index is 12.0. The van der Waals surface area contributed by atoms with Crippen LogP contribution in [0.1, 0.15) is 5.56 Å². The van der Waals surface area contributed by atoms with E-state index >= 15 is 0 Å². The van der Waals surface area contributed by atoms with Gasteiger partial charge in [-0.1, -0.05) is 29.8 Å². The van der Waals surface area contributed by atoms with Crippen LogP contribution in [0, 0.1) is 0 Å². The molecular formula is C13H20ClN3O2S. The molecule has 1 saturated heterocycles. The maximum Gasteiger partial charge on any atom is 0.215 e. The van der Waals surface area contributed by atoms with Gasteiger partial charge in [0.25, 0.3) is 0 Å². The van der Waals surface area contributed by atoms with E-state index in [-0.39, 0.29) is 5.75 Å². The normalized spacial score (nSPS) is 17.2. The van der Waals surface area contributed by atoms with Crippen molar-refractivity contribution in [2.24, 2.45) is 0 Å². The molecule has 0 bridgehead atoms. The van der Waals surface area contributed by atoms with Crippen LogP contribution < -0.4 is 10.0 Å². The van der Waals surface area contributed by atoms with E-state index in [0.29, 0.717) is 17.1 Å². The van der Waals surface area contributed by atoms with Crippen LogP contribution in [0.2, 0.25) is 5.02 Å². The van der Waals surface area contributed by atoms with Gasteiger partial charge in [-0.2, -0.15) is 0 Å². The van der Waals surface area contributed by atoms with Crippen LogP contribution in [0.3, 0.4) is 0 Å². The highest BCUT2D eigenvalue weighted by Crippen LogP contribution is 2.17. The molecule has 0 spiro atoms. The van der Waals surface area contributed by atoms with E-state index < -0.39 is 10.0 Å². The number of sulfonamides is 1. The summed E-state index contributed by atoms with van der Waals surface area (Å²) in [7, 11) is -3.33. The predicted molar refractivity (Wildman–Crippen MR) is 81.4 cm³/mol. The van der Waals surface area contributed by atoms with Gasteiger partial charge in [-0.15, -0.1) is 0 Å².